The summed E-state index contributed by atoms with van der Waals surface area (Å²) in [7, 11) is 0.287. The van der Waals surface area contributed by atoms with Gasteiger partial charge >= 0.3 is 26.2 Å². The van der Waals surface area contributed by atoms with Gasteiger partial charge in [-0.3, -0.25) is 0 Å². The minimum Gasteiger partial charge on any atom is -0.663 e. The van der Waals surface area contributed by atoms with Crippen LogP contribution in [0.5, 0.6) is 0 Å². The second-order valence-electron chi connectivity index (χ2n) is 7.49. The molecular formula is C20H44NOSiZr+. The van der Waals surface area contributed by atoms with Crippen molar-refractivity contribution in [3.8, 4) is 0 Å². The van der Waals surface area contributed by atoms with Crippen molar-refractivity contribution in [2.75, 3.05) is 20.3 Å². The van der Waals surface area contributed by atoms with Crippen LogP contribution >= 0.6 is 0 Å². The standard InChI is InChI=1S/C14H30NOSi.2C3H7.Zr/c1-10-11(2)13(4)14(12(10)3)17(6,7)15-8-9-16-5;2*1-3-2;/h10-14H,8-9H2,1-7H3;2*1,3H2,2H3;/q3*-1;+4. The van der Waals surface area contributed by atoms with Gasteiger partial charge in [0, 0.05) is 13.7 Å². The van der Waals surface area contributed by atoms with Gasteiger partial charge in [0.15, 0.2) is 0 Å². The minimum atomic E-state index is -1.47. The van der Waals surface area contributed by atoms with E-state index in [1.807, 2.05) is 13.8 Å². The number of hydrogen-bond donors (Lipinski definition) is 0. The number of ether oxygens (including phenoxy) is 1. The average molecular weight is 434 g/mol. The molecular weight excluding hydrogens is 390 g/mol. The molecule has 0 radical (unpaired) electrons. The van der Waals surface area contributed by atoms with E-state index in [1.165, 1.54) is 0 Å². The van der Waals surface area contributed by atoms with E-state index >= 15 is 0 Å². The van der Waals surface area contributed by atoms with E-state index in [9.17, 15) is 0 Å². The summed E-state index contributed by atoms with van der Waals surface area (Å²) >= 11 is 0. The van der Waals surface area contributed by atoms with E-state index in [4.69, 9.17) is 9.72 Å². The first-order valence-corrected chi connectivity index (χ1v) is 12.4. The normalized spacial score (nSPS) is 28.9. The Labute approximate surface area is 174 Å². The van der Waals surface area contributed by atoms with Crippen molar-refractivity contribution in [2.45, 2.75) is 73.0 Å². The predicted octanol–water partition coefficient (Wildman–Crippen LogP) is 6.60. The molecule has 0 aliphatic heterocycles. The molecule has 0 bridgehead atoms. The zero-order chi connectivity index (χ0) is 18.6. The molecule has 24 heavy (non-hydrogen) atoms. The molecule has 1 fully saturated rings. The Hall–Kier alpha value is 1.02. The number of rotatable bonds is 5. The van der Waals surface area contributed by atoms with Gasteiger partial charge in [-0.2, -0.15) is 12.8 Å². The first-order chi connectivity index (χ1) is 10.7. The van der Waals surface area contributed by atoms with E-state index < -0.39 is 8.24 Å². The maximum atomic E-state index is 5.12. The van der Waals surface area contributed by atoms with Crippen molar-refractivity contribution in [3.63, 3.8) is 0 Å². The third kappa shape index (κ3) is 10.2. The molecule has 0 aromatic rings. The van der Waals surface area contributed by atoms with Crippen LogP contribution in [0.15, 0.2) is 0 Å². The molecule has 1 aliphatic rings. The maximum Gasteiger partial charge on any atom is 4.00 e. The van der Waals surface area contributed by atoms with Crippen molar-refractivity contribution < 1.29 is 30.9 Å². The molecule has 0 spiro atoms. The zero-order valence-corrected chi connectivity index (χ0v) is 21.4. The molecule has 1 aliphatic carbocycles. The van der Waals surface area contributed by atoms with Gasteiger partial charge in [0.1, 0.15) is 0 Å². The monoisotopic (exact) mass is 432 g/mol. The Morgan fingerprint density at radius 3 is 1.50 bits per heavy atom. The summed E-state index contributed by atoms with van der Waals surface area (Å²) in [5.74, 6) is 3.35. The van der Waals surface area contributed by atoms with Crippen LogP contribution in [-0.2, 0) is 30.9 Å². The molecule has 142 valence electrons. The van der Waals surface area contributed by atoms with Crippen LogP contribution in [0.2, 0.25) is 18.6 Å². The summed E-state index contributed by atoms with van der Waals surface area (Å²) in [5.41, 5.74) is 0.837. The predicted molar refractivity (Wildman–Crippen MR) is 109 cm³/mol. The van der Waals surface area contributed by atoms with Gasteiger partial charge in [0.25, 0.3) is 0 Å². The van der Waals surface area contributed by atoms with Crippen LogP contribution in [0.25, 0.3) is 4.98 Å². The summed E-state index contributed by atoms with van der Waals surface area (Å²) in [6, 6.07) is 0. The first-order valence-electron chi connectivity index (χ1n) is 9.42. The second-order valence-corrected chi connectivity index (χ2v) is 11.8. The van der Waals surface area contributed by atoms with Gasteiger partial charge in [0.2, 0.25) is 0 Å². The average Bonchev–Trinajstić information content (AvgIpc) is 2.65. The quantitative estimate of drug-likeness (QED) is 0.272. The molecule has 0 amide bonds. The molecule has 0 saturated heterocycles. The number of nitrogens with zero attached hydrogens (tertiary/aromatic N) is 1. The fourth-order valence-corrected chi connectivity index (χ4v) is 7.97. The van der Waals surface area contributed by atoms with Gasteiger partial charge in [0.05, 0.1) is 0 Å². The SMILES string of the molecule is COCC[N-][Si](C)(C)C1C(C)C(C)C(C)C1C.[CH2-]CC.[CH2-]CC.[Zr+4]. The summed E-state index contributed by atoms with van der Waals surface area (Å²) in [6.45, 7) is 27.3. The van der Waals surface area contributed by atoms with Crippen LogP contribution in [-0.4, -0.2) is 28.5 Å². The van der Waals surface area contributed by atoms with Gasteiger partial charge in [-0.25, -0.2) is 0 Å². The van der Waals surface area contributed by atoms with E-state index in [0.29, 0.717) is 0 Å². The third-order valence-corrected chi connectivity index (χ3v) is 8.97. The van der Waals surface area contributed by atoms with Crippen molar-refractivity contribution in [3.05, 3.63) is 18.8 Å². The van der Waals surface area contributed by atoms with Gasteiger partial charge < -0.3 is 23.6 Å². The molecule has 4 unspecified atom stereocenters. The summed E-state index contributed by atoms with van der Waals surface area (Å²) in [6.07, 6.45) is 2.00. The molecule has 0 aromatic heterocycles. The molecule has 0 N–H and O–H groups in total. The van der Waals surface area contributed by atoms with E-state index in [2.05, 4.69) is 54.6 Å². The summed E-state index contributed by atoms with van der Waals surface area (Å²) < 4.78 is 5.12. The van der Waals surface area contributed by atoms with Crippen LogP contribution in [0, 0.1) is 37.5 Å². The molecule has 4 heteroatoms. The van der Waals surface area contributed by atoms with Crippen LogP contribution in [0.1, 0.15) is 54.4 Å². The van der Waals surface area contributed by atoms with E-state index in [0.717, 1.165) is 55.2 Å². The van der Waals surface area contributed by atoms with E-state index in [1.54, 1.807) is 7.11 Å². The molecule has 1 rings (SSSR count). The minimum absolute atomic E-state index is 0. The van der Waals surface area contributed by atoms with Crippen molar-refractivity contribution in [2.24, 2.45) is 23.7 Å². The number of hydrogen-bond acceptors (Lipinski definition) is 1. The van der Waals surface area contributed by atoms with Crippen LogP contribution < -0.4 is 0 Å². The summed E-state index contributed by atoms with van der Waals surface area (Å²) in [4.78, 5) is 5.01. The Kier molecular flexibility index (Phi) is 20.1. The van der Waals surface area contributed by atoms with Crippen molar-refractivity contribution in [1.29, 1.82) is 0 Å². The van der Waals surface area contributed by atoms with Gasteiger partial charge in [-0.05, 0) is 23.7 Å². The van der Waals surface area contributed by atoms with Crippen molar-refractivity contribution in [1.82, 2.24) is 0 Å². The molecule has 0 heterocycles. The van der Waals surface area contributed by atoms with Gasteiger partial charge in [-0.1, -0.05) is 68.4 Å². The maximum absolute atomic E-state index is 5.12. The molecule has 4 atom stereocenters. The van der Waals surface area contributed by atoms with E-state index in [-0.39, 0.29) is 26.2 Å². The smallest absolute Gasteiger partial charge is 0.663 e. The summed E-state index contributed by atoms with van der Waals surface area (Å²) in [5, 5.41) is 0. The largest absolute Gasteiger partial charge is 4.00 e. The fraction of sp³-hybridized carbons (Fsp3) is 0.900. The van der Waals surface area contributed by atoms with Crippen LogP contribution in [0.4, 0.5) is 0 Å². The Morgan fingerprint density at radius 1 is 0.875 bits per heavy atom. The third-order valence-electron chi connectivity index (χ3n) is 5.25. The van der Waals surface area contributed by atoms with Gasteiger partial charge in [-0.15, -0.1) is 6.54 Å². The Bertz CT molecular complexity index is 260. The van der Waals surface area contributed by atoms with Crippen molar-refractivity contribution >= 4 is 8.24 Å². The molecule has 2 nitrogen and oxygen atoms in total. The Morgan fingerprint density at radius 2 is 1.21 bits per heavy atom. The molecule has 0 aromatic carbocycles. The second kappa shape index (κ2) is 16.2. The first kappa shape index (κ1) is 29.8. The van der Waals surface area contributed by atoms with Crippen LogP contribution in [0.3, 0.4) is 0 Å². The Balaban J connectivity index is -0.000000550. The fourth-order valence-electron chi connectivity index (χ4n) is 3.91. The number of methoxy groups -OCH3 is 1. The zero-order valence-electron chi connectivity index (χ0n) is 18.0. The molecule has 1 saturated carbocycles. The topological polar surface area (TPSA) is 23.3 Å².